The molecule has 5 heteroatoms. The van der Waals surface area contributed by atoms with Crippen LogP contribution in [0.3, 0.4) is 0 Å². The van der Waals surface area contributed by atoms with E-state index >= 15 is 0 Å². The summed E-state index contributed by atoms with van der Waals surface area (Å²) in [4.78, 5) is 0. The van der Waals surface area contributed by atoms with Gasteiger partial charge in [0.1, 0.15) is 17.2 Å². The van der Waals surface area contributed by atoms with Gasteiger partial charge >= 0.3 is 0 Å². The molecule has 3 aromatic rings. The highest BCUT2D eigenvalue weighted by atomic mass is 16.5. The highest BCUT2D eigenvalue weighted by molar-refractivity contribution is 5.85. The molecule has 0 saturated heterocycles. The SMILES string of the molecule is COc1ccc(-c2n[nH]c(-c3ccc(OC)cc3)c2N)cc1. The van der Waals surface area contributed by atoms with Gasteiger partial charge in [0.05, 0.1) is 25.6 Å². The molecule has 3 N–H and O–H groups in total. The van der Waals surface area contributed by atoms with Crippen LogP contribution in [0.4, 0.5) is 5.69 Å². The number of aromatic amines is 1. The van der Waals surface area contributed by atoms with Crippen LogP contribution in [0.2, 0.25) is 0 Å². The molecular formula is C17H17N3O2. The lowest BCUT2D eigenvalue weighted by Gasteiger charge is -2.04. The van der Waals surface area contributed by atoms with Gasteiger partial charge in [-0.05, 0) is 48.5 Å². The maximum absolute atomic E-state index is 6.25. The number of nitrogens with zero attached hydrogens (tertiary/aromatic N) is 1. The second-order valence-electron chi connectivity index (χ2n) is 4.82. The van der Waals surface area contributed by atoms with Crippen molar-refractivity contribution in [2.75, 3.05) is 20.0 Å². The Morgan fingerprint density at radius 2 is 1.32 bits per heavy atom. The Morgan fingerprint density at radius 3 is 1.82 bits per heavy atom. The predicted molar refractivity (Wildman–Crippen MR) is 87.0 cm³/mol. The summed E-state index contributed by atoms with van der Waals surface area (Å²) in [6.07, 6.45) is 0. The van der Waals surface area contributed by atoms with Crippen molar-refractivity contribution < 1.29 is 9.47 Å². The third kappa shape index (κ3) is 2.48. The molecule has 0 aliphatic rings. The lowest BCUT2D eigenvalue weighted by atomic mass is 10.1. The third-order valence-electron chi connectivity index (χ3n) is 3.55. The minimum absolute atomic E-state index is 0.621. The van der Waals surface area contributed by atoms with Crippen LogP contribution >= 0.6 is 0 Å². The number of nitrogen functional groups attached to an aromatic ring is 1. The van der Waals surface area contributed by atoms with E-state index in [0.29, 0.717) is 5.69 Å². The highest BCUT2D eigenvalue weighted by Gasteiger charge is 2.13. The van der Waals surface area contributed by atoms with Gasteiger partial charge in [0.15, 0.2) is 0 Å². The maximum Gasteiger partial charge on any atom is 0.118 e. The van der Waals surface area contributed by atoms with Crippen molar-refractivity contribution in [1.82, 2.24) is 10.2 Å². The standard InChI is InChI=1S/C17H17N3O2/c1-21-13-7-3-11(4-8-13)16-15(18)17(20-19-16)12-5-9-14(22-2)10-6-12/h3-10H,18H2,1-2H3,(H,19,20). The number of anilines is 1. The summed E-state index contributed by atoms with van der Waals surface area (Å²) in [5.41, 5.74) is 10.3. The van der Waals surface area contributed by atoms with E-state index in [1.807, 2.05) is 48.5 Å². The molecule has 0 spiro atoms. The summed E-state index contributed by atoms with van der Waals surface area (Å²) in [5, 5.41) is 7.35. The fourth-order valence-corrected chi connectivity index (χ4v) is 2.30. The molecule has 1 heterocycles. The van der Waals surface area contributed by atoms with Crippen molar-refractivity contribution in [1.29, 1.82) is 0 Å². The van der Waals surface area contributed by atoms with Crippen LogP contribution in [0.25, 0.3) is 22.5 Å². The highest BCUT2D eigenvalue weighted by Crippen LogP contribution is 2.33. The Bertz CT molecular complexity index is 697. The summed E-state index contributed by atoms with van der Waals surface area (Å²) < 4.78 is 10.3. The molecule has 1 aromatic heterocycles. The number of nitrogens with two attached hydrogens (primary N) is 1. The molecule has 0 amide bonds. The number of methoxy groups -OCH3 is 2. The minimum Gasteiger partial charge on any atom is -0.497 e. The summed E-state index contributed by atoms with van der Waals surface area (Å²) in [6.45, 7) is 0. The van der Waals surface area contributed by atoms with Gasteiger partial charge in [0.2, 0.25) is 0 Å². The summed E-state index contributed by atoms with van der Waals surface area (Å²) >= 11 is 0. The first-order chi connectivity index (χ1) is 10.7. The van der Waals surface area contributed by atoms with Crippen molar-refractivity contribution in [3.05, 3.63) is 48.5 Å². The number of hydrogen-bond donors (Lipinski definition) is 2. The van der Waals surface area contributed by atoms with E-state index in [0.717, 1.165) is 34.0 Å². The molecule has 0 saturated carbocycles. The van der Waals surface area contributed by atoms with E-state index < -0.39 is 0 Å². The lowest BCUT2D eigenvalue weighted by Crippen LogP contribution is -1.90. The fourth-order valence-electron chi connectivity index (χ4n) is 2.30. The smallest absolute Gasteiger partial charge is 0.118 e. The van der Waals surface area contributed by atoms with Gasteiger partial charge in [-0.2, -0.15) is 5.10 Å². The monoisotopic (exact) mass is 295 g/mol. The van der Waals surface area contributed by atoms with E-state index in [-0.39, 0.29) is 0 Å². The summed E-state index contributed by atoms with van der Waals surface area (Å²) in [5.74, 6) is 1.60. The van der Waals surface area contributed by atoms with E-state index in [4.69, 9.17) is 15.2 Å². The molecule has 0 unspecified atom stereocenters. The Morgan fingerprint density at radius 1 is 0.818 bits per heavy atom. The van der Waals surface area contributed by atoms with Crippen LogP contribution in [0, 0.1) is 0 Å². The molecule has 0 aliphatic heterocycles. The number of ether oxygens (including phenoxy) is 2. The molecule has 2 aromatic carbocycles. The van der Waals surface area contributed by atoms with Crippen molar-refractivity contribution in [3.8, 4) is 34.0 Å². The number of benzene rings is 2. The number of aromatic nitrogens is 2. The van der Waals surface area contributed by atoms with Gasteiger partial charge in [-0.15, -0.1) is 0 Å². The van der Waals surface area contributed by atoms with Gasteiger partial charge in [0.25, 0.3) is 0 Å². The Balaban J connectivity index is 1.96. The molecule has 112 valence electrons. The largest absolute Gasteiger partial charge is 0.497 e. The minimum atomic E-state index is 0.621. The van der Waals surface area contributed by atoms with Crippen molar-refractivity contribution in [2.45, 2.75) is 0 Å². The second-order valence-corrected chi connectivity index (χ2v) is 4.82. The number of hydrogen-bond acceptors (Lipinski definition) is 4. The first-order valence-corrected chi connectivity index (χ1v) is 6.85. The van der Waals surface area contributed by atoms with Crippen LogP contribution in [-0.2, 0) is 0 Å². The Kier molecular flexibility index (Phi) is 3.70. The van der Waals surface area contributed by atoms with Crippen molar-refractivity contribution in [3.63, 3.8) is 0 Å². The zero-order chi connectivity index (χ0) is 15.5. The first-order valence-electron chi connectivity index (χ1n) is 6.85. The van der Waals surface area contributed by atoms with Gasteiger partial charge in [-0.1, -0.05) is 0 Å². The number of H-pyrrole nitrogens is 1. The fraction of sp³-hybridized carbons (Fsp3) is 0.118. The predicted octanol–water partition coefficient (Wildman–Crippen LogP) is 3.34. The molecule has 0 radical (unpaired) electrons. The van der Waals surface area contributed by atoms with Gasteiger partial charge < -0.3 is 15.2 Å². The lowest BCUT2D eigenvalue weighted by molar-refractivity contribution is 0.415. The molecule has 22 heavy (non-hydrogen) atoms. The van der Waals surface area contributed by atoms with Gasteiger partial charge in [-0.25, -0.2) is 0 Å². The van der Waals surface area contributed by atoms with Gasteiger partial charge in [-0.3, -0.25) is 5.10 Å². The molecule has 0 aliphatic carbocycles. The number of nitrogens with one attached hydrogen (secondary N) is 1. The molecular weight excluding hydrogens is 278 g/mol. The Hall–Kier alpha value is -2.95. The Labute approximate surface area is 128 Å². The van der Waals surface area contributed by atoms with Crippen LogP contribution in [0.1, 0.15) is 0 Å². The molecule has 0 bridgehead atoms. The van der Waals surface area contributed by atoms with E-state index in [9.17, 15) is 0 Å². The average molecular weight is 295 g/mol. The second kappa shape index (κ2) is 5.81. The quantitative estimate of drug-likeness (QED) is 0.774. The van der Waals surface area contributed by atoms with E-state index in [2.05, 4.69) is 10.2 Å². The van der Waals surface area contributed by atoms with E-state index in [1.165, 1.54) is 0 Å². The first kappa shape index (κ1) is 14.0. The van der Waals surface area contributed by atoms with Gasteiger partial charge in [0, 0.05) is 11.1 Å². The molecule has 0 fully saturated rings. The van der Waals surface area contributed by atoms with Crippen LogP contribution in [0.5, 0.6) is 11.5 Å². The summed E-state index contributed by atoms with van der Waals surface area (Å²) in [6, 6.07) is 15.3. The third-order valence-corrected chi connectivity index (χ3v) is 3.55. The van der Waals surface area contributed by atoms with Crippen LogP contribution < -0.4 is 15.2 Å². The molecule has 3 rings (SSSR count). The zero-order valence-corrected chi connectivity index (χ0v) is 12.5. The number of rotatable bonds is 4. The molecule has 5 nitrogen and oxygen atoms in total. The maximum atomic E-state index is 6.25. The average Bonchev–Trinajstić information content (AvgIpc) is 2.96. The summed E-state index contributed by atoms with van der Waals surface area (Å²) in [7, 11) is 3.28. The van der Waals surface area contributed by atoms with Crippen LogP contribution in [0.15, 0.2) is 48.5 Å². The molecule has 0 atom stereocenters. The van der Waals surface area contributed by atoms with Crippen molar-refractivity contribution >= 4 is 5.69 Å². The van der Waals surface area contributed by atoms with Crippen molar-refractivity contribution in [2.24, 2.45) is 0 Å². The van der Waals surface area contributed by atoms with Crippen LogP contribution in [-0.4, -0.2) is 24.4 Å². The topological polar surface area (TPSA) is 73.2 Å². The van der Waals surface area contributed by atoms with E-state index in [1.54, 1.807) is 14.2 Å². The normalized spacial score (nSPS) is 10.5. The zero-order valence-electron chi connectivity index (χ0n) is 12.5.